The SMILES string of the molecule is O=C(O)Cc1ccc(N2CCCCC2)c2ccccc12. The average Bonchev–Trinajstić information content (AvgIpc) is 2.48. The fourth-order valence-corrected chi connectivity index (χ4v) is 3.07. The Labute approximate surface area is 118 Å². The van der Waals surface area contributed by atoms with Gasteiger partial charge in [0.15, 0.2) is 0 Å². The summed E-state index contributed by atoms with van der Waals surface area (Å²) >= 11 is 0. The van der Waals surface area contributed by atoms with Gasteiger partial charge in [-0.3, -0.25) is 4.79 Å². The van der Waals surface area contributed by atoms with E-state index in [0.29, 0.717) is 0 Å². The molecular formula is C17H19NO2. The van der Waals surface area contributed by atoms with Crippen LogP contribution in [0.3, 0.4) is 0 Å². The molecule has 3 rings (SSSR count). The zero-order valence-electron chi connectivity index (χ0n) is 11.5. The maximum Gasteiger partial charge on any atom is 0.307 e. The summed E-state index contributed by atoms with van der Waals surface area (Å²) in [7, 11) is 0. The molecule has 3 nitrogen and oxygen atoms in total. The quantitative estimate of drug-likeness (QED) is 0.927. The molecule has 0 spiro atoms. The first kappa shape index (κ1) is 13.0. The van der Waals surface area contributed by atoms with E-state index in [9.17, 15) is 4.79 Å². The third-order valence-electron chi connectivity index (χ3n) is 4.03. The van der Waals surface area contributed by atoms with E-state index >= 15 is 0 Å². The molecule has 3 heteroatoms. The molecule has 1 aliphatic rings. The summed E-state index contributed by atoms with van der Waals surface area (Å²) in [6.07, 6.45) is 3.88. The van der Waals surface area contributed by atoms with Crippen LogP contribution in [0.2, 0.25) is 0 Å². The van der Waals surface area contributed by atoms with Crippen LogP contribution in [0.5, 0.6) is 0 Å². The molecular weight excluding hydrogens is 250 g/mol. The van der Waals surface area contributed by atoms with E-state index in [-0.39, 0.29) is 6.42 Å². The van der Waals surface area contributed by atoms with E-state index in [4.69, 9.17) is 5.11 Å². The second-order valence-corrected chi connectivity index (χ2v) is 5.41. The molecule has 2 aromatic carbocycles. The molecule has 1 heterocycles. The Balaban J connectivity index is 2.08. The lowest BCUT2D eigenvalue weighted by Gasteiger charge is -2.30. The van der Waals surface area contributed by atoms with E-state index in [1.165, 1.54) is 30.3 Å². The first-order chi connectivity index (χ1) is 9.75. The van der Waals surface area contributed by atoms with E-state index in [0.717, 1.165) is 24.0 Å². The van der Waals surface area contributed by atoms with Gasteiger partial charge in [-0.1, -0.05) is 30.3 Å². The lowest BCUT2D eigenvalue weighted by molar-refractivity contribution is -0.136. The van der Waals surface area contributed by atoms with E-state index in [2.05, 4.69) is 17.0 Å². The second-order valence-electron chi connectivity index (χ2n) is 5.41. The van der Waals surface area contributed by atoms with Crippen molar-refractivity contribution in [3.8, 4) is 0 Å². The van der Waals surface area contributed by atoms with Gasteiger partial charge in [0.05, 0.1) is 6.42 Å². The fraction of sp³-hybridized carbons (Fsp3) is 0.353. The second kappa shape index (κ2) is 5.53. The highest BCUT2D eigenvalue weighted by molar-refractivity contribution is 5.97. The molecule has 104 valence electrons. The molecule has 0 amide bonds. The Kier molecular flexibility index (Phi) is 3.59. The largest absolute Gasteiger partial charge is 0.481 e. The van der Waals surface area contributed by atoms with Crippen molar-refractivity contribution < 1.29 is 9.90 Å². The van der Waals surface area contributed by atoms with Crippen LogP contribution in [0.1, 0.15) is 24.8 Å². The van der Waals surface area contributed by atoms with E-state index < -0.39 is 5.97 Å². The summed E-state index contributed by atoms with van der Waals surface area (Å²) in [6, 6.07) is 12.2. The standard InChI is InChI=1S/C17H19NO2/c19-17(20)12-13-8-9-16(18-10-4-1-5-11-18)15-7-3-2-6-14(13)15/h2-3,6-9H,1,4-5,10-12H2,(H,19,20). The molecule has 0 aromatic heterocycles. The highest BCUT2D eigenvalue weighted by Gasteiger charge is 2.15. The van der Waals surface area contributed by atoms with Crippen molar-refractivity contribution in [2.24, 2.45) is 0 Å². The number of piperidine rings is 1. The number of hydrogen-bond acceptors (Lipinski definition) is 2. The van der Waals surface area contributed by atoms with Gasteiger partial charge in [-0.05, 0) is 36.3 Å². The summed E-state index contributed by atoms with van der Waals surface area (Å²) in [5.41, 5.74) is 2.14. The maximum atomic E-state index is 11.0. The van der Waals surface area contributed by atoms with E-state index in [1.54, 1.807) is 0 Å². The Morgan fingerprint density at radius 1 is 1.00 bits per heavy atom. The van der Waals surface area contributed by atoms with Crippen LogP contribution >= 0.6 is 0 Å². The summed E-state index contributed by atoms with van der Waals surface area (Å²) in [5, 5.41) is 11.3. The molecule has 0 saturated carbocycles. The van der Waals surface area contributed by atoms with E-state index in [1.807, 2.05) is 24.3 Å². The maximum absolute atomic E-state index is 11.0. The minimum atomic E-state index is -0.777. The number of carboxylic acids is 1. The molecule has 0 unspecified atom stereocenters. The van der Waals surface area contributed by atoms with Gasteiger partial charge in [-0.25, -0.2) is 0 Å². The number of hydrogen-bond donors (Lipinski definition) is 1. The van der Waals surface area contributed by atoms with Crippen LogP contribution in [0.25, 0.3) is 10.8 Å². The topological polar surface area (TPSA) is 40.5 Å². The summed E-state index contributed by atoms with van der Waals surface area (Å²) in [6.45, 7) is 2.20. The first-order valence-electron chi connectivity index (χ1n) is 7.23. The molecule has 20 heavy (non-hydrogen) atoms. The molecule has 2 aromatic rings. The summed E-state index contributed by atoms with van der Waals surface area (Å²) < 4.78 is 0. The highest BCUT2D eigenvalue weighted by Crippen LogP contribution is 2.31. The van der Waals surface area contributed by atoms with Crippen molar-refractivity contribution in [2.75, 3.05) is 18.0 Å². The summed E-state index contributed by atoms with van der Waals surface area (Å²) in [4.78, 5) is 13.4. The van der Waals surface area contributed by atoms with Crippen molar-refractivity contribution in [3.05, 3.63) is 42.0 Å². The fourth-order valence-electron chi connectivity index (χ4n) is 3.07. The van der Waals surface area contributed by atoms with Crippen LogP contribution in [-0.4, -0.2) is 24.2 Å². The molecule has 1 N–H and O–H groups in total. The van der Waals surface area contributed by atoms with Gasteiger partial charge in [-0.15, -0.1) is 0 Å². The number of carbonyl (C=O) groups is 1. The lowest BCUT2D eigenvalue weighted by atomic mass is 9.99. The summed E-state index contributed by atoms with van der Waals surface area (Å²) in [5.74, 6) is -0.777. The third-order valence-corrected chi connectivity index (χ3v) is 4.03. The van der Waals surface area contributed by atoms with Gasteiger partial charge >= 0.3 is 5.97 Å². The number of rotatable bonds is 3. The molecule has 0 aliphatic carbocycles. The molecule has 1 saturated heterocycles. The van der Waals surface area contributed by atoms with Crippen molar-refractivity contribution in [1.29, 1.82) is 0 Å². The van der Waals surface area contributed by atoms with Crippen molar-refractivity contribution in [1.82, 2.24) is 0 Å². The number of anilines is 1. The minimum absolute atomic E-state index is 0.0841. The first-order valence-corrected chi connectivity index (χ1v) is 7.23. The molecule has 0 radical (unpaired) electrons. The normalized spacial score (nSPS) is 15.5. The van der Waals surface area contributed by atoms with Crippen molar-refractivity contribution in [2.45, 2.75) is 25.7 Å². The third kappa shape index (κ3) is 2.48. The zero-order valence-corrected chi connectivity index (χ0v) is 11.5. The van der Waals surface area contributed by atoms with Crippen LogP contribution < -0.4 is 4.90 Å². The Hall–Kier alpha value is -2.03. The van der Waals surface area contributed by atoms with Crippen LogP contribution in [-0.2, 0) is 11.2 Å². The van der Waals surface area contributed by atoms with Gasteiger partial charge < -0.3 is 10.0 Å². The highest BCUT2D eigenvalue weighted by atomic mass is 16.4. The van der Waals surface area contributed by atoms with Crippen molar-refractivity contribution in [3.63, 3.8) is 0 Å². The zero-order chi connectivity index (χ0) is 13.9. The van der Waals surface area contributed by atoms with Crippen LogP contribution in [0.4, 0.5) is 5.69 Å². The molecule has 0 atom stereocenters. The Bertz CT molecular complexity index is 630. The van der Waals surface area contributed by atoms with Crippen LogP contribution in [0.15, 0.2) is 36.4 Å². The molecule has 1 aliphatic heterocycles. The smallest absolute Gasteiger partial charge is 0.307 e. The van der Waals surface area contributed by atoms with Gasteiger partial charge in [-0.2, -0.15) is 0 Å². The molecule has 1 fully saturated rings. The van der Waals surface area contributed by atoms with Gasteiger partial charge in [0.1, 0.15) is 0 Å². The number of benzene rings is 2. The van der Waals surface area contributed by atoms with Gasteiger partial charge in [0.2, 0.25) is 0 Å². The predicted octanol–water partition coefficient (Wildman–Crippen LogP) is 3.46. The number of fused-ring (bicyclic) bond motifs is 1. The number of carboxylic acid groups (broad SMARTS) is 1. The Morgan fingerprint density at radius 3 is 2.40 bits per heavy atom. The minimum Gasteiger partial charge on any atom is -0.481 e. The Morgan fingerprint density at radius 2 is 1.70 bits per heavy atom. The predicted molar refractivity (Wildman–Crippen MR) is 81.4 cm³/mol. The number of aliphatic carboxylic acids is 1. The average molecular weight is 269 g/mol. The van der Waals surface area contributed by atoms with Crippen molar-refractivity contribution >= 4 is 22.4 Å². The van der Waals surface area contributed by atoms with Gasteiger partial charge in [0.25, 0.3) is 0 Å². The molecule has 0 bridgehead atoms. The monoisotopic (exact) mass is 269 g/mol. The van der Waals surface area contributed by atoms with Gasteiger partial charge in [0, 0.05) is 24.2 Å². The number of nitrogens with zero attached hydrogens (tertiary/aromatic N) is 1. The lowest BCUT2D eigenvalue weighted by Crippen LogP contribution is -2.29. The van der Waals surface area contributed by atoms with Crippen LogP contribution in [0, 0.1) is 0 Å².